The van der Waals surface area contributed by atoms with Gasteiger partial charge >= 0.3 is 5.97 Å². The Kier molecular flexibility index (Phi) is 5.28. The first-order valence-corrected chi connectivity index (χ1v) is 9.70. The molecule has 0 unspecified atom stereocenters. The van der Waals surface area contributed by atoms with Crippen molar-refractivity contribution in [1.29, 1.82) is 0 Å². The summed E-state index contributed by atoms with van der Waals surface area (Å²) in [5, 5.41) is 18.3. The number of carbonyl (C=O) groups is 1. The van der Waals surface area contributed by atoms with Crippen LogP contribution in [-0.2, 0) is 4.79 Å². The van der Waals surface area contributed by atoms with E-state index in [2.05, 4.69) is 20.2 Å². The summed E-state index contributed by atoms with van der Waals surface area (Å²) in [6.07, 6.45) is 3.37. The Hall–Kier alpha value is -3.23. The van der Waals surface area contributed by atoms with E-state index in [1.807, 2.05) is 24.3 Å². The first-order chi connectivity index (χ1) is 14.0. The van der Waals surface area contributed by atoms with Crippen molar-refractivity contribution in [2.24, 2.45) is 0 Å². The number of hydrogen-bond acceptors (Lipinski definition) is 5. The van der Waals surface area contributed by atoms with Crippen molar-refractivity contribution in [2.75, 3.05) is 7.11 Å². The molecule has 9 heteroatoms. The summed E-state index contributed by atoms with van der Waals surface area (Å²) < 4.78 is 5.33. The number of rotatable bonds is 6. The van der Waals surface area contributed by atoms with Crippen molar-refractivity contribution in [1.82, 2.24) is 20.2 Å². The summed E-state index contributed by atoms with van der Waals surface area (Å²) in [7, 11) is 1.55. The highest BCUT2D eigenvalue weighted by molar-refractivity contribution is 8.04. The zero-order chi connectivity index (χ0) is 20.4. The van der Waals surface area contributed by atoms with Crippen LogP contribution < -0.4 is 4.74 Å². The molecule has 0 saturated carbocycles. The molecule has 2 aromatic carbocycles. The fourth-order valence-corrected chi connectivity index (χ4v) is 3.74. The molecule has 0 fully saturated rings. The molecule has 7 nitrogen and oxygen atoms in total. The zero-order valence-corrected chi connectivity index (χ0v) is 16.7. The van der Waals surface area contributed by atoms with Crippen molar-refractivity contribution in [3.8, 4) is 17.1 Å². The maximum absolute atomic E-state index is 11.8. The van der Waals surface area contributed by atoms with Gasteiger partial charge in [-0.2, -0.15) is 0 Å². The van der Waals surface area contributed by atoms with E-state index >= 15 is 0 Å². The fourth-order valence-electron chi connectivity index (χ4n) is 2.87. The summed E-state index contributed by atoms with van der Waals surface area (Å²) in [4.78, 5) is 19.4. The van der Waals surface area contributed by atoms with Gasteiger partial charge in [-0.15, -0.1) is 5.10 Å². The van der Waals surface area contributed by atoms with Crippen LogP contribution in [0.25, 0.3) is 28.4 Å². The van der Waals surface area contributed by atoms with Crippen LogP contribution in [0.4, 0.5) is 0 Å². The van der Waals surface area contributed by atoms with Gasteiger partial charge in [0.1, 0.15) is 10.7 Å². The Balaban J connectivity index is 1.66. The number of methoxy groups -OCH3 is 1. The first kappa shape index (κ1) is 19.1. The van der Waals surface area contributed by atoms with E-state index in [0.717, 1.165) is 28.2 Å². The number of nitrogens with one attached hydrogen (secondary N) is 2. The SMILES string of the molecule is COc1ccc(Cl)cc1-c1nc(S/C(=C\c2c[nH]c3ccccc23)C(=O)O)n[nH]1. The minimum Gasteiger partial charge on any atom is -0.496 e. The van der Waals surface area contributed by atoms with Crippen molar-refractivity contribution in [3.63, 3.8) is 0 Å². The second kappa shape index (κ2) is 8.02. The number of carboxylic acid groups (broad SMARTS) is 1. The number of para-hydroxylation sites is 1. The molecule has 2 heterocycles. The second-order valence-corrected chi connectivity index (χ2v) is 7.46. The largest absolute Gasteiger partial charge is 0.496 e. The summed E-state index contributed by atoms with van der Waals surface area (Å²) in [5.74, 6) is -0.0504. The number of hydrogen-bond donors (Lipinski definition) is 3. The van der Waals surface area contributed by atoms with Crippen LogP contribution in [0, 0.1) is 0 Å². The lowest BCUT2D eigenvalue weighted by molar-refractivity contribution is -0.131. The molecule has 3 N–H and O–H groups in total. The summed E-state index contributed by atoms with van der Waals surface area (Å²) in [6, 6.07) is 12.8. The third-order valence-electron chi connectivity index (χ3n) is 4.20. The average molecular weight is 427 g/mol. The van der Waals surface area contributed by atoms with Gasteiger partial charge in [0.15, 0.2) is 5.82 Å². The van der Waals surface area contributed by atoms with Crippen molar-refractivity contribution < 1.29 is 14.6 Å². The highest BCUT2D eigenvalue weighted by Crippen LogP contribution is 2.33. The number of fused-ring (bicyclic) bond motifs is 1. The number of halogens is 1. The fraction of sp³-hybridized carbons (Fsp3) is 0.0500. The summed E-state index contributed by atoms with van der Waals surface area (Å²) in [5.41, 5.74) is 2.34. The van der Waals surface area contributed by atoms with Crippen molar-refractivity contribution >= 4 is 46.3 Å². The number of H-pyrrole nitrogens is 2. The third kappa shape index (κ3) is 3.98. The smallest absolute Gasteiger partial charge is 0.342 e. The molecule has 4 aromatic rings. The van der Waals surface area contributed by atoms with Crippen LogP contribution in [0.5, 0.6) is 5.75 Å². The molecule has 2 aromatic heterocycles. The van der Waals surface area contributed by atoms with E-state index in [9.17, 15) is 9.90 Å². The van der Waals surface area contributed by atoms with Gasteiger partial charge in [-0.05, 0) is 42.1 Å². The summed E-state index contributed by atoms with van der Waals surface area (Å²) >= 11 is 7.03. The lowest BCUT2D eigenvalue weighted by atomic mass is 10.1. The molecular formula is C20H15ClN4O3S. The molecule has 0 spiro atoms. The zero-order valence-electron chi connectivity index (χ0n) is 15.1. The minimum absolute atomic E-state index is 0.0957. The number of aromatic nitrogens is 4. The normalized spacial score (nSPS) is 11.7. The second-order valence-electron chi connectivity index (χ2n) is 6.02. The van der Waals surface area contributed by atoms with E-state index in [4.69, 9.17) is 16.3 Å². The molecule has 0 bridgehead atoms. The number of thioether (sulfide) groups is 1. The highest BCUT2D eigenvalue weighted by atomic mass is 35.5. The molecule has 0 atom stereocenters. The van der Waals surface area contributed by atoms with Gasteiger partial charge in [-0.3, -0.25) is 5.10 Å². The number of carboxylic acids is 1. The van der Waals surface area contributed by atoms with Gasteiger partial charge in [-0.25, -0.2) is 9.78 Å². The molecule has 0 aliphatic carbocycles. The van der Waals surface area contributed by atoms with Crippen LogP contribution in [0.3, 0.4) is 0 Å². The summed E-state index contributed by atoms with van der Waals surface area (Å²) in [6.45, 7) is 0. The Morgan fingerprint density at radius 2 is 2.10 bits per heavy atom. The quantitative estimate of drug-likeness (QED) is 0.301. The van der Waals surface area contributed by atoms with E-state index in [0.29, 0.717) is 22.2 Å². The number of aliphatic carboxylic acids is 1. The van der Waals surface area contributed by atoms with Gasteiger partial charge in [0.05, 0.1) is 12.7 Å². The van der Waals surface area contributed by atoms with Crippen LogP contribution in [0.15, 0.2) is 58.7 Å². The molecule has 0 aliphatic heterocycles. The lowest BCUT2D eigenvalue weighted by Crippen LogP contribution is -1.97. The van der Waals surface area contributed by atoms with Crippen LogP contribution >= 0.6 is 23.4 Å². The van der Waals surface area contributed by atoms with Crippen LogP contribution in [0.2, 0.25) is 5.02 Å². The Morgan fingerprint density at radius 3 is 2.90 bits per heavy atom. The van der Waals surface area contributed by atoms with E-state index in [1.54, 1.807) is 37.6 Å². The van der Waals surface area contributed by atoms with Crippen molar-refractivity contribution in [2.45, 2.75) is 5.16 Å². The molecule has 4 rings (SSSR count). The molecule has 146 valence electrons. The minimum atomic E-state index is -1.06. The highest BCUT2D eigenvalue weighted by Gasteiger charge is 2.17. The van der Waals surface area contributed by atoms with Gasteiger partial charge < -0.3 is 14.8 Å². The third-order valence-corrected chi connectivity index (χ3v) is 5.31. The predicted molar refractivity (Wildman–Crippen MR) is 113 cm³/mol. The molecular weight excluding hydrogens is 412 g/mol. The standard InChI is InChI=1S/C20H15ClN4O3S/c1-28-16-7-6-12(21)9-14(16)18-23-20(25-24-18)29-17(19(26)27)8-11-10-22-15-5-3-2-4-13(11)15/h2-10,22H,1H3,(H,26,27)(H,23,24,25)/b17-8-. The number of benzene rings is 2. The topological polar surface area (TPSA) is 104 Å². The van der Waals surface area contributed by atoms with E-state index < -0.39 is 5.97 Å². The molecule has 0 saturated heterocycles. The molecule has 0 radical (unpaired) electrons. The van der Waals surface area contributed by atoms with Crippen LogP contribution in [0.1, 0.15) is 5.56 Å². The van der Waals surface area contributed by atoms with Gasteiger partial charge in [0.2, 0.25) is 5.16 Å². The Morgan fingerprint density at radius 1 is 1.28 bits per heavy atom. The molecule has 29 heavy (non-hydrogen) atoms. The number of aromatic amines is 2. The number of nitrogens with zero attached hydrogens (tertiary/aromatic N) is 2. The molecule has 0 amide bonds. The first-order valence-electron chi connectivity index (χ1n) is 8.50. The van der Waals surface area contributed by atoms with Crippen LogP contribution in [-0.4, -0.2) is 38.4 Å². The molecule has 0 aliphatic rings. The number of ether oxygens (including phenoxy) is 1. The van der Waals surface area contributed by atoms with Gasteiger partial charge in [0, 0.05) is 27.7 Å². The monoisotopic (exact) mass is 426 g/mol. The van der Waals surface area contributed by atoms with Gasteiger partial charge in [-0.1, -0.05) is 29.8 Å². The lowest BCUT2D eigenvalue weighted by Gasteiger charge is -2.05. The Bertz CT molecular complexity index is 1230. The predicted octanol–water partition coefficient (Wildman–Crippen LogP) is 4.83. The van der Waals surface area contributed by atoms with E-state index in [1.165, 1.54) is 0 Å². The van der Waals surface area contributed by atoms with Crippen molar-refractivity contribution in [3.05, 3.63) is 64.2 Å². The van der Waals surface area contributed by atoms with Gasteiger partial charge in [0.25, 0.3) is 0 Å². The average Bonchev–Trinajstić information content (AvgIpc) is 3.35. The van der Waals surface area contributed by atoms with E-state index in [-0.39, 0.29) is 10.1 Å². The Labute approximate surface area is 174 Å². The maximum Gasteiger partial charge on any atom is 0.342 e. The maximum atomic E-state index is 11.8.